The molecular formula is C20H29O6-. The number of carbonyl (C=O) groups excluding carboxylic acids is 1. The number of hydrogen-bond acceptors (Lipinski definition) is 6. The fraction of sp³-hybridized carbons (Fsp3) is 0.650. The first-order valence-corrected chi connectivity index (χ1v) is 9.46. The van der Waals surface area contributed by atoms with Crippen LogP contribution in [0.15, 0.2) is 36.5 Å². The molecule has 146 valence electrons. The summed E-state index contributed by atoms with van der Waals surface area (Å²) < 4.78 is 0. The molecule has 2 aliphatic rings. The minimum absolute atomic E-state index is 0.0401. The molecule has 1 saturated heterocycles. The van der Waals surface area contributed by atoms with Gasteiger partial charge in [-0.2, -0.15) is 0 Å². The quantitative estimate of drug-likeness (QED) is 0.248. The molecule has 1 saturated carbocycles. The topological polar surface area (TPSA) is 88.1 Å². The Kier molecular flexibility index (Phi) is 9.05. The second-order valence-electron chi connectivity index (χ2n) is 6.86. The Morgan fingerprint density at radius 3 is 2.81 bits per heavy atom. The van der Waals surface area contributed by atoms with Crippen molar-refractivity contribution in [2.75, 3.05) is 0 Å². The Labute approximate surface area is 155 Å². The first kappa shape index (κ1) is 20.8. The Balaban J connectivity index is 1.85. The molecular weight excluding hydrogens is 336 g/mol. The van der Waals surface area contributed by atoms with Crippen molar-refractivity contribution in [2.45, 2.75) is 70.2 Å². The Morgan fingerprint density at radius 2 is 2.08 bits per heavy atom. The van der Waals surface area contributed by atoms with E-state index in [4.69, 9.17) is 15.0 Å². The molecule has 2 bridgehead atoms. The van der Waals surface area contributed by atoms with Gasteiger partial charge in [-0.25, -0.2) is 14.7 Å². The van der Waals surface area contributed by atoms with Crippen LogP contribution in [0.4, 0.5) is 0 Å². The molecule has 5 atom stereocenters. The fourth-order valence-electron chi connectivity index (χ4n) is 3.56. The third-order valence-corrected chi connectivity index (χ3v) is 4.95. The van der Waals surface area contributed by atoms with Gasteiger partial charge in [0.1, 0.15) is 12.2 Å². The highest BCUT2D eigenvalue weighted by atomic mass is 17.2. The van der Waals surface area contributed by atoms with E-state index in [-0.39, 0.29) is 30.7 Å². The second kappa shape index (κ2) is 11.3. The summed E-state index contributed by atoms with van der Waals surface area (Å²) in [6, 6.07) is 0. The van der Waals surface area contributed by atoms with Crippen molar-refractivity contribution in [3.8, 4) is 0 Å². The van der Waals surface area contributed by atoms with Crippen molar-refractivity contribution in [3.63, 3.8) is 0 Å². The Hall–Kier alpha value is -1.47. The summed E-state index contributed by atoms with van der Waals surface area (Å²) in [6.07, 6.45) is 16.6. The predicted molar refractivity (Wildman–Crippen MR) is 94.6 cm³/mol. The fourth-order valence-corrected chi connectivity index (χ4v) is 3.56. The highest BCUT2D eigenvalue weighted by molar-refractivity contribution is 5.64. The van der Waals surface area contributed by atoms with E-state index in [1.165, 1.54) is 0 Å². The van der Waals surface area contributed by atoms with Crippen molar-refractivity contribution < 1.29 is 29.8 Å². The van der Waals surface area contributed by atoms with E-state index < -0.39 is 5.97 Å². The third-order valence-electron chi connectivity index (χ3n) is 4.95. The predicted octanol–water partition coefficient (Wildman–Crippen LogP) is 2.96. The molecule has 0 aromatic heterocycles. The van der Waals surface area contributed by atoms with E-state index in [1.807, 2.05) is 24.3 Å². The maximum atomic E-state index is 10.4. The number of carbonyl (C=O) groups is 1. The molecule has 6 nitrogen and oxygen atoms in total. The normalized spacial score (nSPS) is 29.5. The lowest BCUT2D eigenvalue weighted by molar-refractivity contribution is -0.336. The van der Waals surface area contributed by atoms with Gasteiger partial charge in [0.15, 0.2) is 0 Å². The molecule has 6 heteroatoms. The Morgan fingerprint density at radius 1 is 1.27 bits per heavy atom. The summed E-state index contributed by atoms with van der Waals surface area (Å²) >= 11 is 0. The summed E-state index contributed by atoms with van der Waals surface area (Å²) in [5.41, 5.74) is 0. The van der Waals surface area contributed by atoms with Gasteiger partial charge in [-0.15, -0.1) is 0 Å². The lowest BCUT2D eigenvalue weighted by Crippen LogP contribution is -2.29. The van der Waals surface area contributed by atoms with Gasteiger partial charge < -0.3 is 9.90 Å². The first-order valence-electron chi connectivity index (χ1n) is 9.46. The molecule has 0 radical (unpaired) electrons. The molecule has 0 aromatic rings. The number of unbranched alkanes of at least 4 members (excludes halogenated alkanes) is 1. The molecule has 2 rings (SSSR count). The average Bonchev–Trinajstić information content (AvgIpc) is 3.22. The lowest BCUT2D eigenvalue weighted by Gasteiger charge is -2.27. The number of allylic oxidation sites excluding steroid dienone is 3. The molecule has 1 aliphatic carbocycles. The summed E-state index contributed by atoms with van der Waals surface area (Å²) in [4.78, 5) is 25.7. The lowest BCUT2D eigenvalue weighted by atomic mass is 9.89. The van der Waals surface area contributed by atoms with E-state index in [0.717, 1.165) is 25.7 Å². The van der Waals surface area contributed by atoms with Crippen molar-refractivity contribution in [3.05, 3.63) is 36.5 Å². The van der Waals surface area contributed by atoms with Gasteiger partial charge in [-0.05, 0) is 38.5 Å². The standard InChI is InChI=1S/C20H30O6/c1-2-3-6-9-15(24-23)12-13-17-16(18-14-19(17)26-25-18)10-7-4-5-8-11-20(21)22/h3-4,6-7,12-13,15-19,23H,2,5,8-11,14H2,1H3,(H,21,22)/p-1/b6-3-,7-4-,13-12+/t15-,16+,17+,18-,19+/m0/s1. The van der Waals surface area contributed by atoms with Crippen LogP contribution in [-0.4, -0.2) is 29.5 Å². The van der Waals surface area contributed by atoms with E-state index in [2.05, 4.69) is 24.0 Å². The highest BCUT2D eigenvalue weighted by Crippen LogP contribution is 2.44. The van der Waals surface area contributed by atoms with Crippen LogP contribution in [0, 0.1) is 11.8 Å². The van der Waals surface area contributed by atoms with Crippen LogP contribution >= 0.6 is 0 Å². The molecule has 2 fully saturated rings. The number of hydrogen-bond donors (Lipinski definition) is 1. The average molecular weight is 365 g/mol. The molecule has 0 unspecified atom stereocenters. The van der Waals surface area contributed by atoms with Crippen molar-refractivity contribution >= 4 is 5.97 Å². The van der Waals surface area contributed by atoms with E-state index >= 15 is 0 Å². The number of rotatable bonds is 12. The van der Waals surface area contributed by atoms with Gasteiger partial charge in [0.05, 0.1) is 6.10 Å². The van der Waals surface area contributed by atoms with E-state index in [0.29, 0.717) is 18.8 Å². The summed E-state index contributed by atoms with van der Waals surface area (Å²) in [5, 5.41) is 19.5. The summed E-state index contributed by atoms with van der Waals surface area (Å²) in [6.45, 7) is 2.06. The van der Waals surface area contributed by atoms with Crippen LogP contribution in [0.1, 0.15) is 51.9 Å². The molecule has 26 heavy (non-hydrogen) atoms. The minimum Gasteiger partial charge on any atom is -0.550 e. The summed E-state index contributed by atoms with van der Waals surface area (Å²) in [7, 11) is 0. The molecule has 1 N–H and O–H groups in total. The van der Waals surface area contributed by atoms with Crippen LogP contribution in [0.2, 0.25) is 0 Å². The molecule has 0 aromatic carbocycles. The molecule has 0 spiro atoms. The van der Waals surface area contributed by atoms with E-state index in [9.17, 15) is 9.90 Å². The van der Waals surface area contributed by atoms with Crippen LogP contribution in [0.25, 0.3) is 0 Å². The number of carboxylic acids is 1. The zero-order valence-corrected chi connectivity index (χ0v) is 15.3. The maximum absolute atomic E-state index is 10.4. The zero-order chi connectivity index (χ0) is 18.8. The largest absolute Gasteiger partial charge is 0.550 e. The first-order chi connectivity index (χ1) is 12.7. The van der Waals surface area contributed by atoms with Gasteiger partial charge in [-0.3, -0.25) is 5.26 Å². The van der Waals surface area contributed by atoms with Crippen LogP contribution < -0.4 is 5.11 Å². The van der Waals surface area contributed by atoms with Gasteiger partial charge in [0.25, 0.3) is 0 Å². The Bertz CT molecular complexity index is 512. The molecule has 1 heterocycles. The number of carboxylic acid groups (broad SMARTS) is 1. The third kappa shape index (κ3) is 6.36. The second-order valence-corrected chi connectivity index (χ2v) is 6.86. The smallest absolute Gasteiger partial charge is 0.114 e. The van der Waals surface area contributed by atoms with Gasteiger partial charge in [0, 0.05) is 24.2 Å². The maximum Gasteiger partial charge on any atom is 0.114 e. The van der Waals surface area contributed by atoms with Gasteiger partial charge in [-0.1, -0.05) is 43.4 Å². The van der Waals surface area contributed by atoms with Crippen molar-refractivity contribution in [1.82, 2.24) is 0 Å². The SMILES string of the molecule is CC/C=C\C[C@@H](/C=C/[C@@H]1[C@@H](C/C=C\CCCC(=O)[O-])[C@@H]2C[C@H]1OO2)OO. The van der Waals surface area contributed by atoms with E-state index in [1.54, 1.807) is 0 Å². The highest BCUT2D eigenvalue weighted by Gasteiger charge is 2.49. The number of aliphatic carboxylic acids is 1. The zero-order valence-electron chi connectivity index (χ0n) is 15.3. The molecule has 1 aliphatic heterocycles. The van der Waals surface area contributed by atoms with Crippen LogP contribution in [0.5, 0.6) is 0 Å². The molecule has 0 amide bonds. The monoisotopic (exact) mass is 365 g/mol. The van der Waals surface area contributed by atoms with Crippen LogP contribution in [0.3, 0.4) is 0 Å². The van der Waals surface area contributed by atoms with Gasteiger partial charge >= 0.3 is 0 Å². The van der Waals surface area contributed by atoms with Crippen LogP contribution in [-0.2, 0) is 19.5 Å². The van der Waals surface area contributed by atoms with Crippen molar-refractivity contribution in [1.29, 1.82) is 0 Å². The number of fused-ring (bicyclic) bond motifs is 2. The minimum atomic E-state index is -1.00. The summed E-state index contributed by atoms with van der Waals surface area (Å²) in [5.74, 6) is -0.473. The van der Waals surface area contributed by atoms with Gasteiger partial charge in [0.2, 0.25) is 0 Å². The van der Waals surface area contributed by atoms with Crippen molar-refractivity contribution in [2.24, 2.45) is 11.8 Å².